The van der Waals surface area contributed by atoms with Crippen LogP contribution >= 0.6 is 0 Å². The molecule has 232 valence electrons. The van der Waals surface area contributed by atoms with Gasteiger partial charge in [0.15, 0.2) is 17.5 Å². The molecule has 3 rings (SSSR count). The van der Waals surface area contributed by atoms with Crippen LogP contribution in [-0.2, 0) is 16.0 Å². The van der Waals surface area contributed by atoms with Gasteiger partial charge >= 0.3 is 5.97 Å². The average Bonchev–Trinajstić information content (AvgIpc) is 2.88. The van der Waals surface area contributed by atoms with Crippen LogP contribution in [0.25, 0.3) is 11.1 Å². The second kappa shape index (κ2) is 14.0. The maximum Gasteiger partial charge on any atom is 0.305 e. The summed E-state index contributed by atoms with van der Waals surface area (Å²) in [5.41, 5.74) is 0.485. The topological polar surface area (TPSA) is 91.6 Å². The Morgan fingerprint density at radius 3 is 2.16 bits per heavy atom. The molecule has 43 heavy (non-hydrogen) atoms. The van der Waals surface area contributed by atoms with Crippen molar-refractivity contribution < 1.29 is 32.3 Å². The molecular formula is C32H37F4N3O4. The third-order valence-corrected chi connectivity index (χ3v) is 7.15. The van der Waals surface area contributed by atoms with Crippen molar-refractivity contribution in [2.75, 3.05) is 20.6 Å². The molecule has 3 aromatic rings. The van der Waals surface area contributed by atoms with Gasteiger partial charge in [-0.1, -0.05) is 13.8 Å². The zero-order valence-electron chi connectivity index (χ0n) is 25.1. The van der Waals surface area contributed by atoms with Crippen LogP contribution < -0.4 is 10.9 Å². The Morgan fingerprint density at radius 1 is 0.977 bits per heavy atom. The summed E-state index contributed by atoms with van der Waals surface area (Å²) in [6.45, 7) is 7.33. The molecule has 1 heterocycles. The van der Waals surface area contributed by atoms with E-state index in [0.717, 1.165) is 16.7 Å². The van der Waals surface area contributed by atoms with E-state index < -0.39 is 64.8 Å². The van der Waals surface area contributed by atoms with E-state index in [4.69, 9.17) is 0 Å². The fraction of sp³-hybridized carbons (Fsp3) is 0.406. The Kier molecular flexibility index (Phi) is 10.9. The quantitative estimate of drug-likeness (QED) is 0.259. The lowest BCUT2D eigenvalue weighted by Gasteiger charge is -2.26. The van der Waals surface area contributed by atoms with Crippen molar-refractivity contribution in [3.05, 3.63) is 92.4 Å². The van der Waals surface area contributed by atoms with Crippen molar-refractivity contribution in [2.24, 2.45) is 5.92 Å². The zero-order valence-corrected chi connectivity index (χ0v) is 25.1. The number of benzene rings is 2. The maximum absolute atomic E-state index is 15.3. The number of likely N-dealkylation sites (N-methyl/N-ethyl adjacent to an activating group) is 1. The van der Waals surface area contributed by atoms with Gasteiger partial charge in [0.2, 0.25) is 5.91 Å². The molecule has 0 fully saturated rings. The first-order valence-corrected chi connectivity index (χ1v) is 13.9. The van der Waals surface area contributed by atoms with Crippen LogP contribution in [0.1, 0.15) is 61.0 Å². The third kappa shape index (κ3) is 8.31. The number of carbonyl (C=O) groups excluding carboxylic acids is 1. The van der Waals surface area contributed by atoms with Gasteiger partial charge in [-0.25, -0.2) is 17.6 Å². The second-order valence-corrected chi connectivity index (χ2v) is 11.5. The Labute approximate surface area is 248 Å². The van der Waals surface area contributed by atoms with Crippen LogP contribution in [0.2, 0.25) is 0 Å². The van der Waals surface area contributed by atoms with Crippen LogP contribution in [0.15, 0.2) is 41.3 Å². The van der Waals surface area contributed by atoms with Gasteiger partial charge in [0.1, 0.15) is 11.9 Å². The predicted octanol–water partition coefficient (Wildman–Crippen LogP) is 5.71. The van der Waals surface area contributed by atoms with Gasteiger partial charge in [-0.2, -0.15) is 0 Å². The summed E-state index contributed by atoms with van der Waals surface area (Å²) < 4.78 is 59.9. The zero-order chi connectivity index (χ0) is 32.2. The minimum atomic E-state index is -1.55. The molecule has 11 heteroatoms. The minimum absolute atomic E-state index is 0.0763. The standard InChI is InChI=1S/C32H37F4N3O4/c1-17(2)9-27(39-16-20(7-8-38(5)6)12-25(35)32(39)43)31(42)37-26(15-28(40)41)23-13-21(14-24(34)30(23)36)29-18(3)10-22(33)11-19(29)4/h10-14,16-17,26-27H,7-9,15H2,1-6H3,(H,37,42)(H,40,41). The van der Waals surface area contributed by atoms with Crippen molar-refractivity contribution in [1.29, 1.82) is 0 Å². The molecule has 1 amide bonds. The molecule has 0 spiro atoms. The molecule has 0 saturated heterocycles. The van der Waals surface area contributed by atoms with E-state index in [1.807, 2.05) is 19.0 Å². The lowest BCUT2D eigenvalue weighted by Crippen LogP contribution is -2.41. The SMILES string of the molecule is Cc1cc(F)cc(C)c1-c1cc(F)c(F)c(C(CC(=O)O)NC(=O)C(CC(C)C)n2cc(CCN(C)C)cc(F)c2=O)c1. The van der Waals surface area contributed by atoms with Crippen LogP contribution in [0.3, 0.4) is 0 Å². The van der Waals surface area contributed by atoms with E-state index in [2.05, 4.69) is 5.32 Å². The molecule has 0 saturated carbocycles. The molecule has 0 aliphatic carbocycles. The lowest BCUT2D eigenvalue weighted by atomic mass is 9.91. The Bertz CT molecular complexity index is 1550. The van der Waals surface area contributed by atoms with E-state index in [9.17, 15) is 32.7 Å². The molecule has 2 unspecified atom stereocenters. The molecular weight excluding hydrogens is 566 g/mol. The molecule has 0 aliphatic rings. The van der Waals surface area contributed by atoms with Gasteiger partial charge in [0.05, 0.1) is 12.5 Å². The number of rotatable bonds is 12. The monoisotopic (exact) mass is 603 g/mol. The van der Waals surface area contributed by atoms with E-state index in [0.29, 0.717) is 35.2 Å². The summed E-state index contributed by atoms with van der Waals surface area (Å²) in [6, 6.07) is 2.92. The van der Waals surface area contributed by atoms with Gasteiger partial charge in [-0.15, -0.1) is 0 Å². The number of carbonyl (C=O) groups is 2. The van der Waals surface area contributed by atoms with Gasteiger partial charge < -0.3 is 19.9 Å². The first kappa shape index (κ1) is 33.5. The molecule has 1 aromatic heterocycles. The van der Waals surface area contributed by atoms with Crippen molar-refractivity contribution in [3.63, 3.8) is 0 Å². The molecule has 2 N–H and O–H groups in total. The predicted molar refractivity (Wildman–Crippen MR) is 156 cm³/mol. The first-order chi connectivity index (χ1) is 20.1. The van der Waals surface area contributed by atoms with Crippen LogP contribution in [-0.4, -0.2) is 47.1 Å². The Hall–Kier alpha value is -3.99. The van der Waals surface area contributed by atoms with E-state index >= 15 is 4.39 Å². The summed E-state index contributed by atoms with van der Waals surface area (Å²) in [5, 5.41) is 12.1. The van der Waals surface area contributed by atoms with Gasteiger partial charge in [0.25, 0.3) is 5.56 Å². The number of aromatic nitrogens is 1. The van der Waals surface area contributed by atoms with E-state index in [1.165, 1.54) is 24.4 Å². The number of aryl methyl sites for hydroxylation is 2. The largest absolute Gasteiger partial charge is 0.481 e. The molecule has 0 bridgehead atoms. The lowest BCUT2D eigenvalue weighted by molar-refractivity contribution is -0.138. The molecule has 7 nitrogen and oxygen atoms in total. The molecule has 0 radical (unpaired) electrons. The highest BCUT2D eigenvalue weighted by atomic mass is 19.2. The van der Waals surface area contributed by atoms with Crippen molar-refractivity contribution in [1.82, 2.24) is 14.8 Å². The highest BCUT2D eigenvalue weighted by Crippen LogP contribution is 2.34. The highest BCUT2D eigenvalue weighted by Gasteiger charge is 2.30. The normalized spacial score (nSPS) is 12.9. The summed E-state index contributed by atoms with van der Waals surface area (Å²) in [4.78, 5) is 40.3. The smallest absolute Gasteiger partial charge is 0.305 e. The maximum atomic E-state index is 15.3. The Morgan fingerprint density at radius 2 is 1.60 bits per heavy atom. The second-order valence-electron chi connectivity index (χ2n) is 11.5. The highest BCUT2D eigenvalue weighted by molar-refractivity contribution is 5.82. The number of carboxylic acid groups (broad SMARTS) is 1. The van der Waals surface area contributed by atoms with Gasteiger partial charge in [0, 0.05) is 18.3 Å². The number of pyridine rings is 1. The van der Waals surface area contributed by atoms with Gasteiger partial charge in [-0.05, 0) is 105 Å². The summed E-state index contributed by atoms with van der Waals surface area (Å²) in [5.74, 6) is -6.62. The van der Waals surface area contributed by atoms with Crippen LogP contribution in [0.5, 0.6) is 0 Å². The molecule has 0 aliphatic heterocycles. The number of nitrogens with zero attached hydrogens (tertiary/aromatic N) is 2. The van der Waals surface area contributed by atoms with E-state index in [-0.39, 0.29) is 17.9 Å². The fourth-order valence-electron chi connectivity index (χ4n) is 5.19. The van der Waals surface area contributed by atoms with E-state index in [1.54, 1.807) is 27.7 Å². The Balaban J connectivity index is 2.11. The number of nitrogens with one attached hydrogen (secondary N) is 1. The summed E-state index contributed by atoms with van der Waals surface area (Å²) in [7, 11) is 3.67. The van der Waals surface area contributed by atoms with Crippen LogP contribution in [0.4, 0.5) is 17.6 Å². The molecule has 2 aromatic carbocycles. The summed E-state index contributed by atoms with van der Waals surface area (Å²) in [6.07, 6.45) is 1.05. The number of carboxylic acids is 1. The number of hydrogen-bond donors (Lipinski definition) is 2. The number of aliphatic carboxylic acids is 1. The minimum Gasteiger partial charge on any atom is -0.481 e. The number of hydrogen-bond acceptors (Lipinski definition) is 4. The third-order valence-electron chi connectivity index (χ3n) is 7.15. The first-order valence-electron chi connectivity index (χ1n) is 13.9. The fourth-order valence-corrected chi connectivity index (χ4v) is 5.19. The van der Waals surface area contributed by atoms with Crippen molar-refractivity contribution in [2.45, 2.75) is 59.0 Å². The molecule has 2 atom stereocenters. The number of amides is 1. The van der Waals surface area contributed by atoms with Crippen LogP contribution in [0, 0.1) is 43.0 Å². The van der Waals surface area contributed by atoms with Crippen molar-refractivity contribution in [3.8, 4) is 11.1 Å². The number of halogens is 4. The average molecular weight is 604 g/mol. The van der Waals surface area contributed by atoms with Crippen molar-refractivity contribution >= 4 is 11.9 Å². The summed E-state index contributed by atoms with van der Waals surface area (Å²) >= 11 is 0. The van der Waals surface area contributed by atoms with Gasteiger partial charge in [-0.3, -0.25) is 14.4 Å².